The van der Waals surface area contributed by atoms with Crippen molar-refractivity contribution in [3.05, 3.63) is 53.6 Å². The summed E-state index contributed by atoms with van der Waals surface area (Å²) in [6.07, 6.45) is 0.0263. The highest BCUT2D eigenvalue weighted by molar-refractivity contribution is 7.92. The van der Waals surface area contributed by atoms with Gasteiger partial charge in [-0.3, -0.25) is 10.0 Å². The molecule has 0 bridgehead atoms. The molecular weight excluding hydrogens is 392 g/mol. The molecule has 1 aliphatic heterocycles. The first-order valence-electron chi connectivity index (χ1n) is 8.27. The molecule has 0 aliphatic carbocycles. The van der Waals surface area contributed by atoms with Gasteiger partial charge < -0.3 is 10.4 Å². The van der Waals surface area contributed by atoms with Gasteiger partial charge >= 0.3 is 0 Å². The Bertz CT molecular complexity index is 948. The van der Waals surface area contributed by atoms with Gasteiger partial charge in [0.25, 0.3) is 5.91 Å². The summed E-state index contributed by atoms with van der Waals surface area (Å²) >= 11 is 6.17. The van der Waals surface area contributed by atoms with Gasteiger partial charge in [0.05, 0.1) is 4.90 Å². The van der Waals surface area contributed by atoms with Gasteiger partial charge in [0.15, 0.2) is 15.4 Å². The van der Waals surface area contributed by atoms with E-state index in [9.17, 15) is 18.3 Å². The number of sulfone groups is 1. The quantitative estimate of drug-likeness (QED) is 0.447. The van der Waals surface area contributed by atoms with Crippen LogP contribution < -0.4 is 10.8 Å². The molecular formula is C18H19ClN2O5S. The van der Waals surface area contributed by atoms with E-state index in [4.69, 9.17) is 16.8 Å². The average Bonchev–Trinajstić information content (AvgIpc) is 2.68. The molecule has 0 radical (unpaired) electrons. The summed E-state index contributed by atoms with van der Waals surface area (Å²) in [6.45, 7) is 0.0453. The fourth-order valence-electron chi connectivity index (χ4n) is 3.28. The lowest BCUT2D eigenvalue weighted by molar-refractivity contribution is -0.149. The Labute approximate surface area is 161 Å². The van der Waals surface area contributed by atoms with Crippen LogP contribution in [0, 0.1) is 0 Å². The second-order valence-corrected chi connectivity index (χ2v) is 8.91. The number of carbonyl (C=O) groups excluding carboxylic acids is 1. The molecule has 27 heavy (non-hydrogen) atoms. The number of carbonyl (C=O) groups is 1. The summed E-state index contributed by atoms with van der Waals surface area (Å²) < 4.78 is 26.1. The van der Waals surface area contributed by atoms with Crippen LogP contribution in [0.15, 0.2) is 53.4 Å². The molecule has 2 unspecified atom stereocenters. The lowest BCUT2D eigenvalue weighted by Crippen LogP contribution is -2.65. The Morgan fingerprint density at radius 1 is 1.19 bits per heavy atom. The highest BCUT2D eigenvalue weighted by atomic mass is 35.5. The van der Waals surface area contributed by atoms with E-state index in [1.165, 1.54) is 17.6 Å². The predicted molar refractivity (Wildman–Crippen MR) is 100 cm³/mol. The number of amides is 1. The minimum absolute atomic E-state index is 0.0191. The number of rotatable bonds is 4. The third-order valence-corrected chi connectivity index (χ3v) is 7.38. The number of benzene rings is 2. The van der Waals surface area contributed by atoms with Crippen molar-refractivity contribution in [2.24, 2.45) is 0 Å². The summed E-state index contributed by atoms with van der Waals surface area (Å²) in [5.74, 6) is -1.16. The fourth-order valence-corrected chi connectivity index (χ4v) is 5.50. The van der Waals surface area contributed by atoms with E-state index >= 15 is 0 Å². The molecule has 1 heterocycles. The SMILES string of the molecule is O=C(NO)C1(O)CNCCC1S(=O)(=O)c1ccc(-c2ccccc2Cl)cc1. The minimum atomic E-state index is -4.03. The van der Waals surface area contributed by atoms with Gasteiger partial charge in [-0.2, -0.15) is 0 Å². The molecule has 1 aliphatic rings. The third-order valence-electron chi connectivity index (χ3n) is 4.75. The molecule has 0 aromatic heterocycles. The zero-order valence-corrected chi connectivity index (χ0v) is 15.8. The summed E-state index contributed by atoms with van der Waals surface area (Å²) in [7, 11) is -4.03. The first-order chi connectivity index (χ1) is 12.8. The summed E-state index contributed by atoms with van der Waals surface area (Å²) in [5.41, 5.74) is 0.596. The summed E-state index contributed by atoms with van der Waals surface area (Å²) in [6, 6.07) is 13.3. The predicted octanol–water partition coefficient (Wildman–Crippen LogP) is 1.38. The summed E-state index contributed by atoms with van der Waals surface area (Å²) in [5, 5.41) is 21.5. The van der Waals surface area contributed by atoms with Gasteiger partial charge in [0.2, 0.25) is 0 Å². The van der Waals surface area contributed by atoms with E-state index in [0.29, 0.717) is 11.6 Å². The number of piperidine rings is 1. The first-order valence-corrected chi connectivity index (χ1v) is 10.2. The molecule has 144 valence electrons. The van der Waals surface area contributed by atoms with Gasteiger partial charge in [0.1, 0.15) is 5.25 Å². The number of hydrogen-bond acceptors (Lipinski definition) is 6. The van der Waals surface area contributed by atoms with Gasteiger partial charge in [-0.05, 0) is 36.7 Å². The Kier molecular flexibility index (Phi) is 5.55. The Hall–Kier alpha value is -1.97. The molecule has 0 saturated carbocycles. The standard InChI is InChI=1S/C18H19ClN2O5S/c19-15-4-2-1-3-14(15)12-5-7-13(8-6-12)27(25,26)16-9-10-20-11-18(16,23)17(22)21-24/h1-8,16,20,23-24H,9-11H2,(H,21,22). The average molecular weight is 411 g/mol. The van der Waals surface area contributed by atoms with Crippen LogP contribution >= 0.6 is 11.6 Å². The van der Waals surface area contributed by atoms with Crippen LogP contribution in [0.5, 0.6) is 0 Å². The lowest BCUT2D eigenvalue weighted by atomic mass is 9.93. The Morgan fingerprint density at radius 2 is 1.85 bits per heavy atom. The summed E-state index contributed by atoms with van der Waals surface area (Å²) in [4.78, 5) is 11.9. The molecule has 1 fully saturated rings. The molecule has 4 N–H and O–H groups in total. The van der Waals surface area contributed by atoms with E-state index in [1.807, 2.05) is 12.1 Å². The Balaban J connectivity index is 1.97. The maximum absolute atomic E-state index is 13.1. The molecule has 9 heteroatoms. The number of β-amino-alcohol motifs (C(OH)–C–C–N with tert-alkyl or cyclic N) is 1. The van der Waals surface area contributed by atoms with Crippen molar-refractivity contribution in [1.29, 1.82) is 0 Å². The van der Waals surface area contributed by atoms with Crippen LogP contribution in [0.2, 0.25) is 5.02 Å². The molecule has 2 aromatic rings. The van der Waals surface area contributed by atoms with Crippen LogP contribution in [-0.4, -0.2) is 48.6 Å². The maximum Gasteiger partial charge on any atom is 0.277 e. The highest BCUT2D eigenvalue weighted by Crippen LogP contribution is 2.32. The van der Waals surface area contributed by atoms with E-state index in [1.54, 1.807) is 24.3 Å². The van der Waals surface area contributed by atoms with Crippen LogP contribution in [0.4, 0.5) is 0 Å². The maximum atomic E-state index is 13.1. The number of halogens is 1. The first kappa shape index (κ1) is 19.8. The van der Waals surface area contributed by atoms with Crippen molar-refractivity contribution in [2.75, 3.05) is 13.1 Å². The zero-order valence-electron chi connectivity index (χ0n) is 14.2. The number of nitrogens with one attached hydrogen (secondary N) is 2. The second-order valence-electron chi connectivity index (χ2n) is 6.37. The van der Waals surface area contributed by atoms with Gasteiger partial charge in [-0.25, -0.2) is 13.9 Å². The zero-order chi connectivity index (χ0) is 19.7. The highest BCUT2D eigenvalue weighted by Gasteiger charge is 2.52. The smallest absolute Gasteiger partial charge is 0.277 e. The molecule has 7 nitrogen and oxygen atoms in total. The third kappa shape index (κ3) is 3.59. The van der Waals surface area contributed by atoms with Gasteiger partial charge in [-0.1, -0.05) is 41.9 Å². The van der Waals surface area contributed by atoms with Crippen LogP contribution in [0.25, 0.3) is 11.1 Å². The van der Waals surface area contributed by atoms with E-state index in [-0.39, 0.29) is 17.9 Å². The Morgan fingerprint density at radius 3 is 2.48 bits per heavy atom. The van der Waals surface area contributed by atoms with Crippen LogP contribution in [0.1, 0.15) is 6.42 Å². The number of aliphatic hydroxyl groups is 1. The van der Waals surface area contributed by atoms with Crippen molar-refractivity contribution in [2.45, 2.75) is 22.2 Å². The van der Waals surface area contributed by atoms with E-state index in [0.717, 1.165) is 11.1 Å². The van der Waals surface area contributed by atoms with E-state index in [2.05, 4.69) is 5.32 Å². The van der Waals surface area contributed by atoms with Crippen LogP contribution in [0.3, 0.4) is 0 Å². The van der Waals surface area contributed by atoms with Crippen molar-refractivity contribution in [3.8, 4) is 11.1 Å². The molecule has 3 rings (SSSR count). The van der Waals surface area contributed by atoms with Crippen molar-refractivity contribution in [1.82, 2.24) is 10.8 Å². The van der Waals surface area contributed by atoms with Crippen LogP contribution in [-0.2, 0) is 14.6 Å². The van der Waals surface area contributed by atoms with Crippen molar-refractivity contribution in [3.63, 3.8) is 0 Å². The van der Waals surface area contributed by atoms with Gasteiger partial charge in [-0.15, -0.1) is 0 Å². The fraction of sp³-hybridized carbons (Fsp3) is 0.278. The molecule has 1 amide bonds. The number of hydroxylamine groups is 1. The molecule has 1 saturated heterocycles. The second kappa shape index (κ2) is 7.57. The van der Waals surface area contributed by atoms with Crippen molar-refractivity contribution >= 4 is 27.3 Å². The molecule has 2 atom stereocenters. The molecule has 2 aromatic carbocycles. The molecule has 0 spiro atoms. The normalized spacial score (nSPS) is 23.0. The monoisotopic (exact) mass is 410 g/mol. The van der Waals surface area contributed by atoms with E-state index < -0.39 is 26.6 Å². The topological polar surface area (TPSA) is 116 Å². The van der Waals surface area contributed by atoms with Gasteiger partial charge in [0, 0.05) is 17.1 Å². The lowest BCUT2D eigenvalue weighted by Gasteiger charge is -2.37. The largest absolute Gasteiger partial charge is 0.377 e. The number of hydrogen-bond donors (Lipinski definition) is 4. The minimum Gasteiger partial charge on any atom is -0.377 e. The van der Waals surface area contributed by atoms with Crippen molar-refractivity contribution < 1.29 is 23.5 Å².